The number of rotatable bonds is 6. The van der Waals surface area contributed by atoms with Gasteiger partial charge in [-0.2, -0.15) is 0 Å². The van der Waals surface area contributed by atoms with Gasteiger partial charge in [-0.15, -0.1) is 0 Å². The first-order chi connectivity index (χ1) is 10.8. The van der Waals surface area contributed by atoms with Gasteiger partial charge in [0.25, 0.3) is 5.69 Å². The third kappa shape index (κ3) is 3.88. The first kappa shape index (κ1) is 16.4. The number of nitro groups is 1. The maximum Gasteiger partial charge on any atom is 0.272 e. The molecule has 0 radical (unpaired) electrons. The normalized spacial score (nSPS) is 22.4. The van der Waals surface area contributed by atoms with Crippen LogP contribution in [0, 0.1) is 23.0 Å². The third-order valence-corrected chi connectivity index (χ3v) is 6.00. The summed E-state index contributed by atoms with van der Waals surface area (Å²) < 4.78 is 27.7. The summed E-state index contributed by atoms with van der Waals surface area (Å²) in [6.45, 7) is 4.27. The van der Waals surface area contributed by atoms with Crippen molar-refractivity contribution < 1.29 is 13.3 Å². The van der Waals surface area contributed by atoms with E-state index in [1.54, 1.807) is 6.92 Å². The average Bonchev–Trinajstić information content (AvgIpc) is 3.17. The fraction of sp³-hybridized carbons (Fsp3) is 0.600. The van der Waals surface area contributed by atoms with Crippen LogP contribution in [0.4, 0.5) is 5.69 Å². The van der Waals surface area contributed by atoms with E-state index >= 15 is 0 Å². The Labute approximate surface area is 135 Å². The highest BCUT2D eigenvalue weighted by molar-refractivity contribution is 7.89. The zero-order valence-corrected chi connectivity index (χ0v) is 13.9. The predicted molar refractivity (Wildman–Crippen MR) is 85.7 cm³/mol. The van der Waals surface area contributed by atoms with Gasteiger partial charge in [0, 0.05) is 30.8 Å². The molecule has 1 saturated carbocycles. The van der Waals surface area contributed by atoms with Crippen molar-refractivity contribution >= 4 is 15.7 Å². The van der Waals surface area contributed by atoms with Gasteiger partial charge in [0.1, 0.15) is 0 Å². The average molecular weight is 339 g/mol. The number of nitrogens with one attached hydrogen (secondary N) is 1. The highest BCUT2D eigenvalue weighted by atomic mass is 32.2. The predicted octanol–water partition coefficient (Wildman–Crippen LogP) is 1.67. The number of hydrogen-bond acceptors (Lipinski definition) is 5. The molecule has 126 valence electrons. The summed E-state index contributed by atoms with van der Waals surface area (Å²) in [7, 11) is -3.64. The monoisotopic (exact) mass is 339 g/mol. The Morgan fingerprint density at radius 2 is 2.09 bits per heavy atom. The fourth-order valence-corrected chi connectivity index (χ4v) is 4.39. The molecule has 2 fully saturated rings. The number of nitrogens with zero attached hydrogens (tertiary/aromatic N) is 2. The third-order valence-electron chi connectivity index (χ3n) is 4.48. The lowest BCUT2D eigenvalue weighted by molar-refractivity contribution is -0.385. The van der Waals surface area contributed by atoms with Gasteiger partial charge in [0.2, 0.25) is 10.0 Å². The molecule has 2 aliphatic rings. The van der Waals surface area contributed by atoms with E-state index in [2.05, 4.69) is 9.62 Å². The Kier molecular flexibility index (Phi) is 4.39. The minimum atomic E-state index is -3.64. The summed E-state index contributed by atoms with van der Waals surface area (Å²) in [5.74, 6) is 0.794. The Hall–Kier alpha value is -1.51. The molecule has 1 aromatic rings. The van der Waals surface area contributed by atoms with E-state index in [-0.39, 0.29) is 16.6 Å². The number of hydrogen-bond donors (Lipinski definition) is 1. The molecule has 0 spiro atoms. The van der Waals surface area contributed by atoms with Crippen molar-refractivity contribution in [3.05, 3.63) is 33.9 Å². The maximum atomic E-state index is 12.5. The number of aryl methyl sites for hydroxylation is 1. The van der Waals surface area contributed by atoms with Crippen LogP contribution >= 0.6 is 0 Å². The molecule has 7 nitrogen and oxygen atoms in total. The van der Waals surface area contributed by atoms with E-state index in [1.165, 1.54) is 31.0 Å². The summed E-state index contributed by atoms with van der Waals surface area (Å²) >= 11 is 0. The van der Waals surface area contributed by atoms with Crippen LogP contribution in [0.2, 0.25) is 0 Å². The van der Waals surface area contributed by atoms with Gasteiger partial charge in [-0.25, -0.2) is 13.1 Å². The summed E-state index contributed by atoms with van der Waals surface area (Å²) in [4.78, 5) is 12.7. The van der Waals surface area contributed by atoms with Crippen molar-refractivity contribution in [3.8, 4) is 0 Å². The summed E-state index contributed by atoms with van der Waals surface area (Å²) in [5, 5.41) is 10.8. The van der Waals surface area contributed by atoms with E-state index in [4.69, 9.17) is 0 Å². The quantitative estimate of drug-likeness (QED) is 0.628. The van der Waals surface area contributed by atoms with Crippen LogP contribution in [-0.2, 0) is 10.0 Å². The van der Waals surface area contributed by atoms with Crippen LogP contribution in [0.3, 0.4) is 0 Å². The van der Waals surface area contributed by atoms with Crippen molar-refractivity contribution in [1.82, 2.24) is 9.62 Å². The van der Waals surface area contributed by atoms with E-state index in [0.29, 0.717) is 5.56 Å². The van der Waals surface area contributed by atoms with Gasteiger partial charge in [0.05, 0.1) is 9.82 Å². The number of likely N-dealkylation sites (tertiary alicyclic amines) is 1. The molecule has 0 bridgehead atoms. The lowest BCUT2D eigenvalue weighted by Crippen LogP contribution is -2.37. The molecule has 1 heterocycles. The van der Waals surface area contributed by atoms with Crippen LogP contribution in [-0.4, -0.2) is 43.9 Å². The van der Waals surface area contributed by atoms with Crippen molar-refractivity contribution in [2.24, 2.45) is 5.92 Å². The molecule has 1 aliphatic heterocycles. The largest absolute Gasteiger partial charge is 0.301 e. The van der Waals surface area contributed by atoms with Crippen LogP contribution < -0.4 is 4.72 Å². The smallest absolute Gasteiger partial charge is 0.272 e. The summed E-state index contributed by atoms with van der Waals surface area (Å²) in [6.07, 6.45) is 3.38. The molecule has 1 aromatic carbocycles. The van der Waals surface area contributed by atoms with Crippen LogP contribution in [0.25, 0.3) is 0 Å². The van der Waals surface area contributed by atoms with E-state index in [9.17, 15) is 18.5 Å². The van der Waals surface area contributed by atoms with Gasteiger partial charge >= 0.3 is 0 Å². The second kappa shape index (κ2) is 6.18. The van der Waals surface area contributed by atoms with E-state index in [1.807, 2.05) is 0 Å². The molecule has 1 saturated heterocycles. The first-order valence-electron chi connectivity index (χ1n) is 7.85. The molecule has 3 rings (SSSR count). The SMILES string of the molecule is Cc1cc(S(=O)(=O)NC2CCN(CC3CC3)C2)ccc1[N+](=O)[O-]. The fourth-order valence-electron chi connectivity index (χ4n) is 3.05. The van der Waals surface area contributed by atoms with Crippen molar-refractivity contribution in [1.29, 1.82) is 0 Å². The Balaban J connectivity index is 1.67. The standard InChI is InChI=1S/C15H21N3O4S/c1-11-8-14(4-5-15(11)18(19)20)23(21,22)16-13-6-7-17(10-13)9-12-2-3-12/h4-5,8,12-13,16H,2-3,6-7,9-10H2,1H3. The van der Waals surface area contributed by atoms with Crippen LogP contribution in [0.5, 0.6) is 0 Å². The molecule has 1 unspecified atom stereocenters. The van der Waals surface area contributed by atoms with Gasteiger partial charge in [-0.3, -0.25) is 10.1 Å². The van der Waals surface area contributed by atoms with Crippen molar-refractivity contribution in [2.45, 2.75) is 37.1 Å². The second-order valence-electron chi connectivity index (χ2n) is 6.52. The van der Waals surface area contributed by atoms with Crippen LogP contribution in [0.1, 0.15) is 24.8 Å². The summed E-state index contributed by atoms with van der Waals surface area (Å²) in [5.41, 5.74) is 0.278. The number of sulfonamides is 1. The Morgan fingerprint density at radius 3 is 2.70 bits per heavy atom. The molecule has 1 atom stereocenters. The minimum Gasteiger partial charge on any atom is -0.301 e. The van der Waals surface area contributed by atoms with Crippen molar-refractivity contribution in [3.63, 3.8) is 0 Å². The van der Waals surface area contributed by atoms with Crippen LogP contribution in [0.15, 0.2) is 23.1 Å². The highest BCUT2D eigenvalue weighted by Gasteiger charge is 2.31. The summed E-state index contributed by atoms with van der Waals surface area (Å²) in [6, 6.07) is 3.81. The molecule has 1 N–H and O–H groups in total. The lowest BCUT2D eigenvalue weighted by Gasteiger charge is -2.16. The lowest BCUT2D eigenvalue weighted by atomic mass is 10.2. The zero-order valence-electron chi connectivity index (χ0n) is 13.1. The molecule has 0 amide bonds. The maximum absolute atomic E-state index is 12.5. The first-order valence-corrected chi connectivity index (χ1v) is 9.33. The van der Waals surface area contributed by atoms with Gasteiger partial charge < -0.3 is 4.90 Å². The molecular weight excluding hydrogens is 318 g/mol. The van der Waals surface area contributed by atoms with E-state index in [0.717, 1.165) is 32.0 Å². The Morgan fingerprint density at radius 1 is 1.35 bits per heavy atom. The topological polar surface area (TPSA) is 92.6 Å². The van der Waals surface area contributed by atoms with Gasteiger partial charge in [-0.05, 0) is 50.8 Å². The molecule has 1 aliphatic carbocycles. The molecule has 0 aromatic heterocycles. The second-order valence-corrected chi connectivity index (χ2v) is 8.23. The number of benzene rings is 1. The number of nitro benzene ring substituents is 1. The van der Waals surface area contributed by atoms with Gasteiger partial charge in [-0.1, -0.05) is 0 Å². The van der Waals surface area contributed by atoms with Gasteiger partial charge in [0.15, 0.2) is 0 Å². The molecular formula is C15H21N3O4S. The van der Waals surface area contributed by atoms with E-state index < -0.39 is 14.9 Å². The molecule has 8 heteroatoms. The molecule has 23 heavy (non-hydrogen) atoms. The van der Waals surface area contributed by atoms with Crippen molar-refractivity contribution in [2.75, 3.05) is 19.6 Å². The zero-order chi connectivity index (χ0) is 16.6. The highest BCUT2D eigenvalue weighted by Crippen LogP contribution is 2.31. The minimum absolute atomic E-state index is 0.0691. The Bertz CT molecular complexity index is 715.